The van der Waals surface area contributed by atoms with Crippen LogP contribution in [0.4, 0.5) is 10.5 Å². The van der Waals surface area contributed by atoms with Crippen molar-refractivity contribution in [2.45, 2.75) is 19.6 Å². The molecular weight excluding hydrogens is 382 g/mol. The summed E-state index contributed by atoms with van der Waals surface area (Å²) in [7, 11) is 0. The lowest BCUT2D eigenvalue weighted by atomic mass is 10.2. The molecule has 2 aromatic carbocycles. The average molecular weight is 407 g/mol. The highest BCUT2D eigenvalue weighted by Crippen LogP contribution is 2.15. The summed E-state index contributed by atoms with van der Waals surface area (Å²) in [4.78, 5) is 14.7. The molecule has 9 nitrogen and oxygen atoms in total. The molecule has 0 saturated carbocycles. The molecule has 2 N–H and O–H groups in total. The van der Waals surface area contributed by atoms with Crippen molar-refractivity contribution in [1.29, 1.82) is 0 Å². The van der Waals surface area contributed by atoms with Crippen LogP contribution in [0.1, 0.15) is 11.4 Å². The third kappa shape index (κ3) is 5.19. The molecule has 2 amide bonds. The molecule has 1 unspecified atom stereocenters. The molecule has 1 aliphatic rings. The first kappa shape index (κ1) is 20.0. The zero-order chi connectivity index (χ0) is 20.8. The van der Waals surface area contributed by atoms with Gasteiger partial charge in [-0.25, -0.2) is 4.79 Å². The van der Waals surface area contributed by atoms with Crippen molar-refractivity contribution in [1.82, 2.24) is 30.4 Å². The fraction of sp³-hybridized carbons (Fsp3) is 0.333. The minimum absolute atomic E-state index is 0.0385. The van der Waals surface area contributed by atoms with Gasteiger partial charge in [-0.15, -0.1) is 5.10 Å². The third-order valence-corrected chi connectivity index (χ3v) is 4.94. The normalized spacial score (nSPS) is 16.9. The number of urea groups is 1. The van der Waals surface area contributed by atoms with E-state index in [2.05, 4.69) is 55.3 Å². The molecule has 1 atom stereocenters. The molecule has 3 aromatic rings. The van der Waals surface area contributed by atoms with E-state index < -0.39 is 0 Å². The number of hydrogen-bond acceptors (Lipinski definition) is 6. The maximum Gasteiger partial charge on any atom is 0.319 e. The monoisotopic (exact) mass is 407 g/mol. The molecule has 1 saturated heterocycles. The van der Waals surface area contributed by atoms with Crippen LogP contribution in [0, 0.1) is 6.92 Å². The standard InChI is InChI=1S/C21H25N7O2/c1-16-24-25-26-28(16)19-9-5-8-18(12-19)23-21(29)22-13-20-15-27(10-11-30-20)14-17-6-3-2-4-7-17/h2-9,12,20H,10-11,13-15H2,1H3,(H2,22,23,29). The van der Waals surface area contributed by atoms with Gasteiger partial charge in [0.2, 0.25) is 0 Å². The quantitative estimate of drug-likeness (QED) is 0.649. The van der Waals surface area contributed by atoms with Crippen LogP contribution in [0.15, 0.2) is 54.6 Å². The molecule has 1 fully saturated rings. The summed E-state index contributed by atoms with van der Waals surface area (Å²) < 4.78 is 7.43. The second-order valence-corrected chi connectivity index (χ2v) is 7.24. The van der Waals surface area contributed by atoms with Crippen molar-refractivity contribution in [3.8, 4) is 5.69 Å². The molecule has 1 aromatic heterocycles. The number of aryl methyl sites for hydroxylation is 1. The van der Waals surface area contributed by atoms with Gasteiger partial charge >= 0.3 is 6.03 Å². The Bertz CT molecular complexity index is 976. The van der Waals surface area contributed by atoms with Gasteiger partial charge in [0.25, 0.3) is 0 Å². The van der Waals surface area contributed by atoms with Crippen LogP contribution in [-0.2, 0) is 11.3 Å². The average Bonchev–Trinajstić information content (AvgIpc) is 3.19. The Balaban J connectivity index is 1.27. The van der Waals surface area contributed by atoms with E-state index in [1.807, 2.05) is 37.3 Å². The Hall–Kier alpha value is -3.30. The fourth-order valence-corrected chi connectivity index (χ4v) is 3.46. The number of nitrogens with one attached hydrogen (secondary N) is 2. The molecule has 9 heteroatoms. The molecule has 30 heavy (non-hydrogen) atoms. The lowest BCUT2D eigenvalue weighted by molar-refractivity contribution is -0.0285. The molecule has 2 heterocycles. The predicted octanol–water partition coefficient (Wildman–Crippen LogP) is 1.99. The Morgan fingerprint density at radius 2 is 2.07 bits per heavy atom. The number of nitrogens with zero attached hydrogens (tertiary/aromatic N) is 5. The number of anilines is 1. The number of benzene rings is 2. The lowest BCUT2D eigenvalue weighted by Gasteiger charge is -2.33. The van der Waals surface area contributed by atoms with Crippen LogP contribution in [0.5, 0.6) is 0 Å². The number of carbonyl (C=O) groups is 1. The van der Waals surface area contributed by atoms with Crippen LogP contribution in [0.25, 0.3) is 5.69 Å². The van der Waals surface area contributed by atoms with E-state index in [4.69, 9.17) is 4.74 Å². The fourth-order valence-electron chi connectivity index (χ4n) is 3.46. The van der Waals surface area contributed by atoms with Crippen LogP contribution in [0.2, 0.25) is 0 Å². The second-order valence-electron chi connectivity index (χ2n) is 7.24. The highest BCUT2D eigenvalue weighted by molar-refractivity contribution is 5.89. The maximum atomic E-state index is 12.4. The molecule has 156 valence electrons. The highest BCUT2D eigenvalue weighted by Gasteiger charge is 2.21. The largest absolute Gasteiger partial charge is 0.374 e. The van der Waals surface area contributed by atoms with Crippen molar-refractivity contribution in [3.63, 3.8) is 0 Å². The Labute approximate surface area is 175 Å². The van der Waals surface area contributed by atoms with Crippen molar-refractivity contribution in [2.24, 2.45) is 0 Å². The van der Waals surface area contributed by atoms with E-state index >= 15 is 0 Å². The van der Waals surface area contributed by atoms with Gasteiger partial charge in [0, 0.05) is 31.9 Å². The van der Waals surface area contributed by atoms with E-state index in [0.29, 0.717) is 24.7 Å². The van der Waals surface area contributed by atoms with Gasteiger partial charge in [-0.2, -0.15) is 4.68 Å². The summed E-state index contributed by atoms with van der Waals surface area (Å²) in [6.45, 7) is 5.48. The number of morpholine rings is 1. The van der Waals surface area contributed by atoms with Gasteiger partial charge in [-0.3, -0.25) is 4.90 Å². The molecule has 0 aliphatic carbocycles. The SMILES string of the molecule is Cc1nnnn1-c1cccc(NC(=O)NCC2CN(Cc3ccccc3)CCO2)c1. The van der Waals surface area contributed by atoms with Crippen molar-refractivity contribution in [2.75, 3.05) is 31.6 Å². The van der Waals surface area contributed by atoms with Gasteiger partial charge in [0.1, 0.15) is 0 Å². The minimum Gasteiger partial charge on any atom is -0.374 e. The minimum atomic E-state index is -0.274. The summed E-state index contributed by atoms with van der Waals surface area (Å²) >= 11 is 0. The molecular formula is C21H25N7O2. The smallest absolute Gasteiger partial charge is 0.319 e. The Morgan fingerprint density at radius 1 is 1.20 bits per heavy atom. The van der Waals surface area contributed by atoms with E-state index in [1.165, 1.54) is 5.56 Å². The maximum absolute atomic E-state index is 12.4. The first-order valence-corrected chi connectivity index (χ1v) is 9.95. The lowest BCUT2D eigenvalue weighted by Crippen LogP contribution is -2.47. The number of rotatable bonds is 6. The summed E-state index contributed by atoms with van der Waals surface area (Å²) in [5.41, 5.74) is 2.72. The molecule has 4 rings (SSSR count). The van der Waals surface area contributed by atoms with E-state index in [-0.39, 0.29) is 12.1 Å². The van der Waals surface area contributed by atoms with E-state index in [0.717, 1.165) is 25.3 Å². The van der Waals surface area contributed by atoms with Crippen LogP contribution >= 0.6 is 0 Å². The van der Waals surface area contributed by atoms with Crippen molar-refractivity contribution in [3.05, 3.63) is 66.0 Å². The van der Waals surface area contributed by atoms with Crippen molar-refractivity contribution >= 4 is 11.7 Å². The molecule has 0 spiro atoms. The Kier molecular flexibility index (Phi) is 6.31. The number of ether oxygens (including phenoxy) is 1. The number of aromatic nitrogens is 4. The summed E-state index contributed by atoms with van der Waals surface area (Å²) in [5, 5.41) is 17.2. The van der Waals surface area contributed by atoms with Gasteiger partial charge < -0.3 is 15.4 Å². The number of amides is 2. The molecule has 0 radical (unpaired) electrons. The van der Waals surface area contributed by atoms with Crippen LogP contribution in [-0.4, -0.2) is 63.5 Å². The van der Waals surface area contributed by atoms with Crippen LogP contribution < -0.4 is 10.6 Å². The summed E-state index contributed by atoms with van der Waals surface area (Å²) in [6.07, 6.45) is -0.0385. The second kappa shape index (κ2) is 9.47. The van der Waals surface area contributed by atoms with Crippen LogP contribution in [0.3, 0.4) is 0 Å². The molecule has 0 bridgehead atoms. The topological polar surface area (TPSA) is 97.2 Å². The van der Waals surface area contributed by atoms with E-state index in [1.54, 1.807) is 4.68 Å². The van der Waals surface area contributed by atoms with Gasteiger partial charge in [0.15, 0.2) is 5.82 Å². The summed E-state index contributed by atoms with van der Waals surface area (Å²) in [5.74, 6) is 0.672. The highest BCUT2D eigenvalue weighted by atomic mass is 16.5. The van der Waals surface area contributed by atoms with Gasteiger partial charge in [0.05, 0.1) is 18.4 Å². The first-order valence-electron chi connectivity index (χ1n) is 9.95. The number of carbonyl (C=O) groups excluding carboxylic acids is 1. The van der Waals surface area contributed by atoms with Gasteiger partial charge in [-0.05, 0) is 41.1 Å². The zero-order valence-electron chi connectivity index (χ0n) is 16.9. The predicted molar refractivity (Wildman–Crippen MR) is 112 cm³/mol. The van der Waals surface area contributed by atoms with E-state index in [9.17, 15) is 4.79 Å². The molecule has 1 aliphatic heterocycles. The zero-order valence-corrected chi connectivity index (χ0v) is 16.9. The third-order valence-electron chi connectivity index (χ3n) is 4.94. The number of hydrogen-bond donors (Lipinski definition) is 2. The van der Waals surface area contributed by atoms with Crippen molar-refractivity contribution < 1.29 is 9.53 Å². The first-order chi connectivity index (χ1) is 14.7. The summed E-state index contributed by atoms with van der Waals surface area (Å²) in [6, 6.07) is 17.5. The van der Waals surface area contributed by atoms with Gasteiger partial charge in [-0.1, -0.05) is 36.4 Å². The number of tetrazole rings is 1. The Morgan fingerprint density at radius 3 is 2.87 bits per heavy atom.